The van der Waals surface area contributed by atoms with Gasteiger partial charge >= 0.3 is 0 Å². The molecule has 0 radical (unpaired) electrons. The molecule has 0 heterocycles. The minimum Gasteiger partial charge on any atom is -0.493 e. The molecule has 0 saturated carbocycles. The maximum absolute atomic E-state index is 6.45. The maximum atomic E-state index is 6.45. The molecule has 0 aromatic heterocycles. The van der Waals surface area contributed by atoms with Gasteiger partial charge in [-0.05, 0) is 68.9 Å². The van der Waals surface area contributed by atoms with Crippen molar-refractivity contribution in [1.29, 1.82) is 0 Å². The van der Waals surface area contributed by atoms with Gasteiger partial charge in [-0.2, -0.15) is 0 Å². The molecule has 0 fully saturated rings. The monoisotopic (exact) mass is 742 g/mol. The van der Waals surface area contributed by atoms with E-state index in [2.05, 4.69) is 111 Å². The molecule has 8 heteroatoms. The Kier molecular flexibility index (Phi) is 17.9. The maximum Gasteiger partial charge on any atom is 0.136 e. The number of aryl methyl sites for hydroxylation is 1. The van der Waals surface area contributed by atoms with Crippen molar-refractivity contribution in [3.05, 3.63) is 88.5 Å². The van der Waals surface area contributed by atoms with Crippen molar-refractivity contribution in [3.8, 4) is 40.9 Å². The molecule has 0 atom stereocenters. The van der Waals surface area contributed by atoms with Crippen molar-refractivity contribution in [3.63, 3.8) is 0 Å². The summed E-state index contributed by atoms with van der Waals surface area (Å²) in [5.41, 5.74) is 4.71. The first-order valence-corrected chi connectivity index (χ1v) is 19.4. The van der Waals surface area contributed by atoms with Crippen molar-refractivity contribution < 1.29 is 32.4 Å². The standard InChI is InChI=1S/C46H69N4O4/c1-47(2)38-51-32-12-16-39-17-19-40(20-18-39)21-25-42-36-46(54-35-15-31-50(9,10)11)43(37-45(42)53-34-14-30-49(6,7)8)26-22-41-23-27-44(28-24-41)52-33-13-29-48(3,4)5/h17-20,23-24,27-28,36-37H,12-16,29-35,38H2,1-11H3/q+3. The summed E-state index contributed by atoms with van der Waals surface area (Å²) in [6.45, 7) is 6.34. The van der Waals surface area contributed by atoms with Gasteiger partial charge in [-0.1, -0.05) is 35.8 Å². The van der Waals surface area contributed by atoms with E-state index in [1.54, 1.807) is 0 Å². The molecule has 3 aromatic rings. The molecule has 294 valence electrons. The summed E-state index contributed by atoms with van der Waals surface area (Å²) in [5, 5.41) is 0. The number of benzene rings is 3. The van der Waals surface area contributed by atoms with Gasteiger partial charge in [0.2, 0.25) is 0 Å². The van der Waals surface area contributed by atoms with Gasteiger partial charge in [-0.25, -0.2) is 0 Å². The summed E-state index contributed by atoms with van der Waals surface area (Å²) in [6.07, 6.45) is 4.80. The molecule has 3 aromatic carbocycles. The first-order valence-electron chi connectivity index (χ1n) is 19.4. The van der Waals surface area contributed by atoms with Crippen LogP contribution >= 0.6 is 0 Å². The molecule has 0 aliphatic heterocycles. The molecule has 0 aliphatic carbocycles. The number of nitrogens with zero attached hydrogens (tertiary/aromatic N) is 4. The van der Waals surface area contributed by atoms with E-state index in [1.165, 1.54) is 5.56 Å². The largest absolute Gasteiger partial charge is 0.493 e. The quantitative estimate of drug-likeness (QED) is 0.0549. The van der Waals surface area contributed by atoms with Crippen LogP contribution in [0.1, 0.15) is 53.5 Å². The fourth-order valence-electron chi connectivity index (χ4n) is 5.46. The van der Waals surface area contributed by atoms with Crippen molar-refractivity contribution >= 4 is 0 Å². The lowest BCUT2D eigenvalue weighted by molar-refractivity contribution is -0.870. The Bertz CT molecular complexity index is 1670. The summed E-state index contributed by atoms with van der Waals surface area (Å²) in [4.78, 5) is 2.03. The summed E-state index contributed by atoms with van der Waals surface area (Å²) in [6, 6.07) is 20.5. The molecule has 0 saturated heterocycles. The van der Waals surface area contributed by atoms with Gasteiger partial charge in [0.1, 0.15) is 17.2 Å². The minimum atomic E-state index is 0.586. The molecule has 54 heavy (non-hydrogen) atoms. The highest BCUT2D eigenvalue weighted by molar-refractivity contribution is 5.60. The van der Waals surface area contributed by atoms with Crippen LogP contribution in [-0.2, 0) is 11.2 Å². The van der Waals surface area contributed by atoms with E-state index in [9.17, 15) is 0 Å². The van der Waals surface area contributed by atoms with Crippen LogP contribution in [-0.4, -0.2) is 149 Å². The minimum absolute atomic E-state index is 0.586. The van der Waals surface area contributed by atoms with Gasteiger partial charge in [-0.3, -0.25) is 4.90 Å². The third-order valence-electron chi connectivity index (χ3n) is 8.38. The van der Waals surface area contributed by atoms with Crippen LogP contribution < -0.4 is 14.2 Å². The van der Waals surface area contributed by atoms with Gasteiger partial charge in [-0.15, -0.1) is 0 Å². The van der Waals surface area contributed by atoms with Gasteiger partial charge in [0, 0.05) is 49.1 Å². The van der Waals surface area contributed by atoms with E-state index >= 15 is 0 Å². The molecule has 0 unspecified atom stereocenters. The van der Waals surface area contributed by atoms with Crippen LogP contribution in [0.5, 0.6) is 17.2 Å². The Balaban J connectivity index is 1.87. The molecule has 0 amide bonds. The predicted molar refractivity (Wildman–Crippen MR) is 223 cm³/mol. The van der Waals surface area contributed by atoms with Gasteiger partial charge < -0.3 is 32.4 Å². The average molecular weight is 742 g/mol. The number of hydrogen-bond acceptors (Lipinski definition) is 5. The van der Waals surface area contributed by atoms with Crippen LogP contribution in [0.25, 0.3) is 0 Å². The zero-order valence-corrected chi connectivity index (χ0v) is 35.4. The second kappa shape index (κ2) is 21.8. The average Bonchev–Trinajstić information content (AvgIpc) is 3.08. The number of hydrogen-bond donors (Lipinski definition) is 0. The second-order valence-electron chi connectivity index (χ2n) is 17.4. The molecule has 0 aliphatic rings. The fraction of sp³-hybridized carbons (Fsp3) is 0.522. The summed E-state index contributed by atoms with van der Waals surface area (Å²) < 4.78 is 27.3. The van der Waals surface area contributed by atoms with Crippen LogP contribution in [0, 0.1) is 23.7 Å². The highest BCUT2D eigenvalue weighted by Crippen LogP contribution is 2.29. The van der Waals surface area contributed by atoms with Crippen LogP contribution in [0.2, 0.25) is 0 Å². The van der Waals surface area contributed by atoms with E-state index in [-0.39, 0.29) is 0 Å². The smallest absolute Gasteiger partial charge is 0.136 e. The fourth-order valence-corrected chi connectivity index (χ4v) is 5.46. The van der Waals surface area contributed by atoms with E-state index < -0.39 is 0 Å². The Morgan fingerprint density at radius 3 is 1.35 bits per heavy atom. The molecule has 3 rings (SSSR count). The zero-order chi connectivity index (χ0) is 39.6. The number of quaternary nitrogens is 3. The van der Waals surface area contributed by atoms with Crippen molar-refractivity contribution in [1.82, 2.24) is 4.90 Å². The lowest BCUT2D eigenvalue weighted by atomic mass is 10.1. The van der Waals surface area contributed by atoms with Gasteiger partial charge in [0.15, 0.2) is 0 Å². The highest BCUT2D eigenvalue weighted by atomic mass is 16.5. The van der Waals surface area contributed by atoms with Crippen molar-refractivity contribution in [2.45, 2.75) is 32.1 Å². The first kappa shape index (κ1) is 44.4. The van der Waals surface area contributed by atoms with Crippen LogP contribution in [0.15, 0.2) is 60.7 Å². The second-order valence-corrected chi connectivity index (χ2v) is 17.4. The first-order chi connectivity index (χ1) is 25.5. The number of ether oxygens (including phenoxy) is 4. The number of rotatable bonds is 21. The van der Waals surface area contributed by atoms with Crippen molar-refractivity contribution in [2.75, 3.05) is 130 Å². The third-order valence-corrected chi connectivity index (χ3v) is 8.38. The third kappa shape index (κ3) is 19.3. The molecular weight excluding hydrogens is 673 g/mol. The molecule has 8 nitrogen and oxygen atoms in total. The topological polar surface area (TPSA) is 40.2 Å². The highest BCUT2D eigenvalue weighted by Gasteiger charge is 2.14. The Hall–Kier alpha value is -4.02. The van der Waals surface area contributed by atoms with E-state index in [1.807, 2.05) is 55.4 Å². The molecule has 0 spiro atoms. The van der Waals surface area contributed by atoms with Gasteiger partial charge in [0.25, 0.3) is 0 Å². The lowest BCUT2D eigenvalue weighted by Crippen LogP contribution is -2.36. The van der Waals surface area contributed by atoms with Crippen molar-refractivity contribution in [2.24, 2.45) is 0 Å². The lowest BCUT2D eigenvalue weighted by Gasteiger charge is -2.24. The van der Waals surface area contributed by atoms with E-state index in [4.69, 9.17) is 18.9 Å². The summed E-state index contributed by atoms with van der Waals surface area (Å²) in [7, 11) is 23.8. The normalized spacial score (nSPS) is 11.8. The molecule has 0 bridgehead atoms. The van der Waals surface area contributed by atoms with E-state index in [0.717, 1.165) is 111 Å². The zero-order valence-electron chi connectivity index (χ0n) is 35.4. The van der Waals surface area contributed by atoms with Gasteiger partial charge in [0.05, 0.1) is 121 Å². The molecular formula is C46H69N4O4+3. The Labute approximate surface area is 328 Å². The predicted octanol–water partition coefficient (Wildman–Crippen LogP) is 6.38. The van der Waals surface area contributed by atoms with Crippen LogP contribution in [0.4, 0.5) is 0 Å². The summed E-state index contributed by atoms with van der Waals surface area (Å²) in [5.74, 6) is 15.9. The SMILES string of the molecule is CN(C)COCCCc1ccc(C#Cc2cc(OCCC[N+](C)(C)C)c(C#Cc3ccc(OCCC[N+](C)(C)C)cc3)cc2OCCC[N+](C)(C)C)cc1. The summed E-state index contributed by atoms with van der Waals surface area (Å²) >= 11 is 0. The Morgan fingerprint density at radius 2 is 0.926 bits per heavy atom. The molecule has 0 N–H and O–H groups in total. The van der Waals surface area contributed by atoms with E-state index in [0.29, 0.717) is 26.6 Å². The Morgan fingerprint density at radius 1 is 0.500 bits per heavy atom. The van der Waals surface area contributed by atoms with Crippen LogP contribution in [0.3, 0.4) is 0 Å².